The van der Waals surface area contributed by atoms with Crippen LogP contribution in [0.3, 0.4) is 0 Å². The molecule has 0 radical (unpaired) electrons. The first kappa shape index (κ1) is 15.4. The number of benzene rings is 2. The van der Waals surface area contributed by atoms with E-state index in [1.165, 1.54) is 11.9 Å². The molecule has 2 N–H and O–H groups in total. The van der Waals surface area contributed by atoms with Crippen LogP contribution < -0.4 is 5.32 Å². The van der Waals surface area contributed by atoms with Crippen LogP contribution in [-0.4, -0.2) is 25.3 Å². The molecule has 0 saturated carbocycles. The van der Waals surface area contributed by atoms with Gasteiger partial charge in [-0.3, -0.25) is 5.10 Å². The SMILES string of the molecule is c1ccc(Nc2noc(-c3ccc(CSc4ncn[nH]4)cc3)n2)cc1. The highest BCUT2D eigenvalue weighted by molar-refractivity contribution is 7.98. The fourth-order valence-corrected chi connectivity index (χ4v) is 2.94. The summed E-state index contributed by atoms with van der Waals surface area (Å²) in [6.45, 7) is 0. The summed E-state index contributed by atoms with van der Waals surface area (Å²) in [6, 6.07) is 17.7. The Morgan fingerprint density at radius 1 is 1.04 bits per heavy atom. The first-order chi connectivity index (χ1) is 12.4. The Balaban J connectivity index is 1.41. The highest BCUT2D eigenvalue weighted by Crippen LogP contribution is 2.23. The standard InChI is InChI=1S/C17H14N6OS/c1-2-4-14(5-3-1)20-16-21-15(24-23-16)13-8-6-12(7-9-13)10-25-17-18-11-19-22-17/h1-9,11H,10H2,(H,20,23)(H,18,19,22). The summed E-state index contributed by atoms with van der Waals surface area (Å²) in [6.07, 6.45) is 1.50. The maximum atomic E-state index is 5.33. The van der Waals surface area contributed by atoms with Crippen LogP contribution in [0.1, 0.15) is 5.56 Å². The highest BCUT2D eigenvalue weighted by Gasteiger charge is 2.09. The van der Waals surface area contributed by atoms with E-state index in [1.54, 1.807) is 11.8 Å². The van der Waals surface area contributed by atoms with Crippen molar-refractivity contribution in [2.24, 2.45) is 0 Å². The van der Waals surface area contributed by atoms with Crippen LogP contribution in [-0.2, 0) is 5.75 Å². The molecule has 8 heteroatoms. The molecule has 0 unspecified atom stereocenters. The van der Waals surface area contributed by atoms with Crippen LogP contribution in [0.2, 0.25) is 0 Å². The summed E-state index contributed by atoms with van der Waals surface area (Å²) in [4.78, 5) is 8.46. The number of nitrogens with one attached hydrogen (secondary N) is 2. The van der Waals surface area contributed by atoms with Gasteiger partial charge in [0, 0.05) is 17.0 Å². The molecule has 0 amide bonds. The number of aromatic amines is 1. The number of aromatic nitrogens is 5. The smallest absolute Gasteiger partial charge is 0.268 e. The van der Waals surface area contributed by atoms with Gasteiger partial charge in [0.1, 0.15) is 6.33 Å². The highest BCUT2D eigenvalue weighted by atomic mass is 32.2. The van der Waals surface area contributed by atoms with E-state index >= 15 is 0 Å². The molecule has 0 aliphatic carbocycles. The quantitative estimate of drug-likeness (QED) is 0.510. The lowest BCUT2D eigenvalue weighted by molar-refractivity contribution is 0.433. The van der Waals surface area contributed by atoms with E-state index < -0.39 is 0 Å². The minimum atomic E-state index is 0.436. The number of rotatable bonds is 6. The van der Waals surface area contributed by atoms with Crippen molar-refractivity contribution in [3.05, 3.63) is 66.5 Å². The average molecular weight is 350 g/mol. The van der Waals surface area contributed by atoms with Gasteiger partial charge in [0.05, 0.1) is 0 Å². The second kappa shape index (κ2) is 7.18. The van der Waals surface area contributed by atoms with E-state index in [4.69, 9.17) is 4.52 Å². The summed E-state index contributed by atoms with van der Waals surface area (Å²) in [5.74, 6) is 1.72. The molecule has 4 aromatic rings. The maximum Gasteiger partial charge on any atom is 0.268 e. The Labute approximate surface area is 147 Å². The third kappa shape index (κ3) is 3.86. The van der Waals surface area contributed by atoms with E-state index in [1.807, 2.05) is 54.6 Å². The fourth-order valence-electron chi connectivity index (χ4n) is 2.20. The number of para-hydroxylation sites is 1. The first-order valence-electron chi connectivity index (χ1n) is 7.60. The maximum absolute atomic E-state index is 5.33. The number of hydrogen-bond donors (Lipinski definition) is 2. The molecule has 0 bridgehead atoms. The molecule has 0 atom stereocenters. The van der Waals surface area contributed by atoms with E-state index in [9.17, 15) is 0 Å². The van der Waals surface area contributed by atoms with Crippen LogP contribution >= 0.6 is 11.8 Å². The molecular weight excluding hydrogens is 336 g/mol. The lowest BCUT2D eigenvalue weighted by Crippen LogP contribution is -1.91. The van der Waals surface area contributed by atoms with Gasteiger partial charge in [-0.05, 0) is 35.0 Å². The zero-order valence-corrected chi connectivity index (χ0v) is 13.9. The fraction of sp³-hybridized carbons (Fsp3) is 0.0588. The zero-order chi connectivity index (χ0) is 16.9. The van der Waals surface area contributed by atoms with Gasteiger partial charge in [0.25, 0.3) is 11.8 Å². The Hall–Kier alpha value is -3.13. The Morgan fingerprint density at radius 2 is 1.88 bits per heavy atom. The van der Waals surface area contributed by atoms with Crippen molar-refractivity contribution in [1.29, 1.82) is 0 Å². The first-order valence-corrected chi connectivity index (χ1v) is 8.59. The molecule has 124 valence electrons. The van der Waals surface area contributed by atoms with E-state index in [0.29, 0.717) is 11.8 Å². The average Bonchev–Trinajstić information content (AvgIpc) is 3.33. The third-order valence-corrected chi connectivity index (χ3v) is 4.37. The summed E-state index contributed by atoms with van der Waals surface area (Å²) in [5.41, 5.74) is 2.96. The molecule has 2 aromatic heterocycles. The summed E-state index contributed by atoms with van der Waals surface area (Å²) < 4.78 is 5.33. The van der Waals surface area contributed by atoms with Crippen molar-refractivity contribution in [3.63, 3.8) is 0 Å². The molecular formula is C17H14N6OS. The predicted octanol–water partition coefficient (Wildman–Crippen LogP) is 3.89. The van der Waals surface area contributed by atoms with Crippen LogP contribution in [0.5, 0.6) is 0 Å². The number of hydrogen-bond acceptors (Lipinski definition) is 7. The molecule has 2 aromatic carbocycles. The summed E-state index contributed by atoms with van der Waals surface area (Å²) in [5, 5.41) is 14.5. The van der Waals surface area contributed by atoms with Crippen LogP contribution in [0, 0.1) is 0 Å². The Morgan fingerprint density at radius 3 is 2.64 bits per heavy atom. The van der Waals surface area contributed by atoms with Gasteiger partial charge in [-0.2, -0.15) is 10.1 Å². The van der Waals surface area contributed by atoms with Gasteiger partial charge in [-0.1, -0.05) is 42.1 Å². The minimum absolute atomic E-state index is 0.436. The van der Waals surface area contributed by atoms with Gasteiger partial charge in [0.2, 0.25) is 0 Å². The number of anilines is 2. The summed E-state index contributed by atoms with van der Waals surface area (Å²) >= 11 is 1.60. The van der Waals surface area contributed by atoms with Crippen LogP contribution in [0.4, 0.5) is 11.6 Å². The van der Waals surface area contributed by atoms with Gasteiger partial charge in [-0.25, -0.2) is 4.98 Å². The van der Waals surface area contributed by atoms with Gasteiger partial charge >= 0.3 is 0 Å². The van der Waals surface area contributed by atoms with E-state index in [2.05, 4.69) is 30.6 Å². The van der Waals surface area contributed by atoms with Crippen molar-refractivity contribution in [2.45, 2.75) is 10.9 Å². The number of nitrogens with zero attached hydrogens (tertiary/aromatic N) is 4. The second-order valence-electron chi connectivity index (χ2n) is 5.19. The van der Waals surface area contributed by atoms with Crippen molar-refractivity contribution >= 4 is 23.4 Å². The molecule has 0 spiro atoms. The van der Waals surface area contributed by atoms with Gasteiger partial charge < -0.3 is 9.84 Å². The van der Waals surface area contributed by atoms with Crippen molar-refractivity contribution in [1.82, 2.24) is 25.3 Å². The molecule has 0 saturated heterocycles. The second-order valence-corrected chi connectivity index (χ2v) is 6.15. The van der Waals surface area contributed by atoms with Crippen LogP contribution in [0.25, 0.3) is 11.5 Å². The zero-order valence-electron chi connectivity index (χ0n) is 13.1. The largest absolute Gasteiger partial charge is 0.332 e. The number of thioether (sulfide) groups is 1. The number of H-pyrrole nitrogens is 1. The molecule has 0 aliphatic rings. The minimum Gasteiger partial charge on any atom is -0.332 e. The molecule has 7 nitrogen and oxygen atoms in total. The molecule has 2 heterocycles. The van der Waals surface area contributed by atoms with Crippen molar-refractivity contribution in [3.8, 4) is 11.5 Å². The topological polar surface area (TPSA) is 92.5 Å². The lowest BCUT2D eigenvalue weighted by Gasteiger charge is -2.00. The molecule has 4 rings (SSSR count). The third-order valence-electron chi connectivity index (χ3n) is 3.43. The molecule has 0 fully saturated rings. The van der Waals surface area contributed by atoms with Gasteiger partial charge in [-0.15, -0.1) is 0 Å². The predicted molar refractivity (Wildman–Crippen MR) is 95.4 cm³/mol. The van der Waals surface area contributed by atoms with E-state index in [-0.39, 0.29) is 0 Å². The van der Waals surface area contributed by atoms with Crippen molar-refractivity contribution in [2.75, 3.05) is 5.32 Å². The lowest BCUT2D eigenvalue weighted by atomic mass is 10.1. The molecule has 25 heavy (non-hydrogen) atoms. The Kier molecular flexibility index (Phi) is 4.42. The van der Waals surface area contributed by atoms with Crippen molar-refractivity contribution < 1.29 is 4.52 Å². The summed E-state index contributed by atoms with van der Waals surface area (Å²) in [7, 11) is 0. The monoisotopic (exact) mass is 350 g/mol. The normalized spacial score (nSPS) is 10.7. The Bertz CT molecular complexity index is 921. The van der Waals surface area contributed by atoms with E-state index in [0.717, 1.165) is 22.2 Å². The molecule has 0 aliphatic heterocycles. The van der Waals surface area contributed by atoms with Crippen LogP contribution in [0.15, 0.2) is 70.6 Å². The van der Waals surface area contributed by atoms with Gasteiger partial charge in [0.15, 0.2) is 5.16 Å².